The first-order valence-electron chi connectivity index (χ1n) is 9.61. The molecule has 6 heteroatoms. The molecular weight excluding hydrogens is 376 g/mol. The van der Waals surface area contributed by atoms with Crippen molar-refractivity contribution in [1.29, 1.82) is 0 Å². The van der Waals surface area contributed by atoms with Gasteiger partial charge in [-0.2, -0.15) is 9.78 Å². The molecule has 146 valence electrons. The standard InChI is InChI=1S/C24H18N4O2/c29-23(15-17-9-3-1-4-10-17)30-22-16-21(18-11-5-2-6-12-18)27-28(22)24-25-19-13-7-8-14-20(19)26-24/h1-14,16H,15H2,(H,25,26). The van der Waals surface area contributed by atoms with Crippen LogP contribution in [0.1, 0.15) is 5.56 Å². The predicted molar refractivity (Wildman–Crippen MR) is 114 cm³/mol. The Hall–Kier alpha value is -4.19. The van der Waals surface area contributed by atoms with Gasteiger partial charge < -0.3 is 9.72 Å². The molecule has 2 aromatic heterocycles. The third-order valence-corrected chi connectivity index (χ3v) is 4.73. The summed E-state index contributed by atoms with van der Waals surface area (Å²) in [6.07, 6.45) is 0.173. The van der Waals surface area contributed by atoms with Crippen molar-refractivity contribution in [2.24, 2.45) is 0 Å². The Morgan fingerprint density at radius 2 is 1.60 bits per heavy atom. The molecule has 0 atom stereocenters. The Morgan fingerprint density at radius 3 is 2.37 bits per heavy atom. The van der Waals surface area contributed by atoms with Crippen LogP contribution in [-0.2, 0) is 11.2 Å². The monoisotopic (exact) mass is 394 g/mol. The van der Waals surface area contributed by atoms with Crippen LogP contribution in [0.25, 0.3) is 28.2 Å². The summed E-state index contributed by atoms with van der Waals surface area (Å²) < 4.78 is 7.24. The van der Waals surface area contributed by atoms with Crippen molar-refractivity contribution in [3.63, 3.8) is 0 Å². The number of carbonyl (C=O) groups is 1. The van der Waals surface area contributed by atoms with E-state index >= 15 is 0 Å². The number of nitrogens with zero attached hydrogens (tertiary/aromatic N) is 3. The molecule has 0 amide bonds. The van der Waals surface area contributed by atoms with E-state index < -0.39 is 0 Å². The SMILES string of the molecule is O=C(Cc1ccccc1)Oc1cc(-c2ccccc2)nn1-c1nc2ccccc2[nH]1. The number of hydrogen-bond acceptors (Lipinski definition) is 4. The number of aromatic nitrogens is 4. The second kappa shape index (κ2) is 7.67. The molecule has 2 heterocycles. The number of esters is 1. The molecule has 0 spiro atoms. The van der Waals surface area contributed by atoms with Gasteiger partial charge in [-0.3, -0.25) is 4.79 Å². The van der Waals surface area contributed by atoms with Gasteiger partial charge in [0.05, 0.1) is 23.1 Å². The zero-order valence-corrected chi connectivity index (χ0v) is 16.0. The largest absolute Gasteiger partial charge is 0.407 e. The minimum atomic E-state index is -0.363. The van der Waals surface area contributed by atoms with Gasteiger partial charge in [-0.05, 0) is 17.7 Å². The summed E-state index contributed by atoms with van der Waals surface area (Å²) in [5.41, 5.74) is 4.20. The number of nitrogens with one attached hydrogen (secondary N) is 1. The molecule has 0 unspecified atom stereocenters. The summed E-state index contributed by atoms with van der Waals surface area (Å²) in [6.45, 7) is 0. The minimum Gasteiger partial charge on any atom is -0.407 e. The van der Waals surface area contributed by atoms with Crippen LogP contribution in [0, 0.1) is 0 Å². The van der Waals surface area contributed by atoms with E-state index in [2.05, 4.69) is 15.1 Å². The Bertz CT molecular complexity index is 1270. The molecule has 0 saturated heterocycles. The minimum absolute atomic E-state index is 0.173. The average Bonchev–Trinajstić information content (AvgIpc) is 3.39. The van der Waals surface area contributed by atoms with Crippen LogP contribution >= 0.6 is 0 Å². The van der Waals surface area contributed by atoms with E-state index in [9.17, 15) is 4.79 Å². The van der Waals surface area contributed by atoms with Crippen molar-refractivity contribution < 1.29 is 9.53 Å². The highest BCUT2D eigenvalue weighted by Gasteiger charge is 2.18. The van der Waals surface area contributed by atoms with Gasteiger partial charge in [0.15, 0.2) is 0 Å². The number of imidazole rings is 1. The number of benzene rings is 3. The van der Waals surface area contributed by atoms with Crippen LogP contribution < -0.4 is 4.74 Å². The normalized spacial score (nSPS) is 10.9. The van der Waals surface area contributed by atoms with E-state index in [1.807, 2.05) is 84.9 Å². The van der Waals surface area contributed by atoms with Gasteiger partial charge in [0.1, 0.15) is 0 Å². The fourth-order valence-electron chi connectivity index (χ4n) is 3.29. The summed E-state index contributed by atoms with van der Waals surface area (Å²) in [7, 11) is 0. The van der Waals surface area contributed by atoms with Crippen LogP contribution in [0.5, 0.6) is 5.88 Å². The van der Waals surface area contributed by atoms with Crippen molar-refractivity contribution in [3.8, 4) is 23.1 Å². The van der Waals surface area contributed by atoms with E-state index in [1.165, 1.54) is 4.68 Å². The summed E-state index contributed by atoms with van der Waals surface area (Å²) >= 11 is 0. The van der Waals surface area contributed by atoms with Gasteiger partial charge in [0, 0.05) is 11.6 Å². The summed E-state index contributed by atoms with van der Waals surface area (Å²) in [5.74, 6) is 0.438. The van der Waals surface area contributed by atoms with Crippen molar-refractivity contribution in [2.75, 3.05) is 0 Å². The zero-order chi connectivity index (χ0) is 20.3. The van der Waals surface area contributed by atoms with Crippen LogP contribution in [-0.4, -0.2) is 25.7 Å². The van der Waals surface area contributed by atoms with Gasteiger partial charge >= 0.3 is 5.97 Å². The Morgan fingerprint density at radius 1 is 0.900 bits per heavy atom. The number of rotatable bonds is 5. The van der Waals surface area contributed by atoms with Crippen molar-refractivity contribution >= 4 is 17.0 Å². The Labute approximate surface area is 172 Å². The first-order valence-corrected chi connectivity index (χ1v) is 9.61. The van der Waals surface area contributed by atoms with E-state index in [0.717, 1.165) is 22.2 Å². The van der Waals surface area contributed by atoms with Crippen LogP contribution in [0.15, 0.2) is 91.0 Å². The van der Waals surface area contributed by atoms with E-state index in [4.69, 9.17) is 4.74 Å². The molecule has 30 heavy (non-hydrogen) atoms. The highest BCUT2D eigenvalue weighted by atomic mass is 16.5. The first-order chi connectivity index (χ1) is 14.8. The van der Waals surface area contributed by atoms with E-state index in [0.29, 0.717) is 17.5 Å². The second-order valence-electron chi connectivity index (χ2n) is 6.86. The molecule has 0 aliphatic heterocycles. The lowest BCUT2D eigenvalue weighted by atomic mass is 10.1. The molecule has 0 saturated carbocycles. The number of aromatic amines is 1. The van der Waals surface area contributed by atoms with E-state index in [1.54, 1.807) is 6.07 Å². The fourth-order valence-corrected chi connectivity index (χ4v) is 3.29. The molecule has 1 N–H and O–H groups in total. The topological polar surface area (TPSA) is 72.8 Å². The maximum atomic E-state index is 12.6. The molecular formula is C24H18N4O2. The first kappa shape index (κ1) is 17.9. The quantitative estimate of drug-likeness (QED) is 0.444. The maximum absolute atomic E-state index is 12.6. The lowest BCUT2D eigenvalue weighted by Gasteiger charge is -2.05. The van der Waals surface area contributed by atoms with Crippen LogP contribution in [0.3, 0.4) is 0 Å². The molecule has 5 rings (SSSR count). The van der Waals surface area contributed by atoms with E-state index in [-0.39, 0.29) is 12.4 Å². The maximum Gasteiger partial charge on any atom is 0.316 e. The Kier molecular flexibility index (Phi) is 4.57. The lowest BCUT2D eigenvalue weighted by molar-refractivity contribution is -0.134. The molecule has 6 nitrogen and oxygen atoms in total. The number of para-hydroxylation sites is 2. The number of H-pyrrole nitrogens is 1. The molecule has 5 aromatic rings. The highest BCUT2D eigenvalue weighted by molar-refractivity contribution is 5.77. The van der Waals surface area contributed by atoms with Gasteiger partial charge in [-0.25, -0.2) is 4.98 Å². The number of hydrogen-bond donors (Lipinski definition) is 1. The summed E-state index contributed by atoms with van der Waals surface area (Å²) in [6, 6.07) is 28.7. The molecule has 0 aliphatic carbocycles. The third-order valence-electron chi connectivity index (χ3n) is 4.73. The van der Waals surface area contributed by atoms with Crippen molar-refractivity contribution in [2.45, 2.75) is 6.42 Å². The smallest absolute Gasteiger partial charge is 0.316 e. The fraction of sp³-hybridized carbons (Fsp3) is 0.0417. The van der Waals surface area contributed by atoms with Gasteiger partial charge in [-0.1, -0.05) is 72.8 Å². The number of carbonyl (C=O) groups excluding carboxylic acids is 1. The summed E-state index contributed by atoms with van der Waals surface area (Å²) in [5, 5.41) is 4.65. The highest BCUT2D eigenvalue weighted by Crippen LogP contribution is 2.26. The number of fused-ring (bicyclic) bond motifs is 1. The molecule has 0 bridgehead atoms. The predicted octanol–water partition coefficient (Wildman–Crippen LogP) is 4.56. The molecule has 0 radical (unpaired) electrons. The zero-order valence-electron chi connectivity index (χ0n) is 16.0. The van der Waals surface area contributed by atoms with Gasteiger partial charge in [0.2, 0.25) is 11.8 Å². The molecule has 0 aliphatic rings. The van der Waals surface area contributed by atoms with Crippen LogP contribution in [0.2, 0.25) is 0 Å². The average molecular weight is 394 g/mol. The summed E-state index contributed by atoms with van der Waals surface area (Å²) in [4.78, 5) is 20.4. The number of ether oxygens (including phenoxy) is 1. The lowest BCUT2D eigenvalue weighted by Crippen LogP contribution is -2.14. The Balaban J connectivity index is 1.52. The molecule has 3 aromatic carbocycles. The third kappa shape index (κ3) is 3.58. The van der Waals surface area contributed by atoms with Gasteiger partial charge in [-0.15, -0.1) is 0 Å². The van der Waals surface area contributed by atoms with Gasteiger partial charge in [0.25, 0.3) is 0 Å². The van der Waals surface area contributed by atoms with Crippen molar-refractivity contribution in [3.05, 3.63) is 96.6 Å². The molecule has 0 fully saturated rings. The van der Waals surface area contributed by atoms with Crippen LogP contribution in [0.4, 0.5) is 0 Å². The second-order valence-corrected chi connectivity index (χ2v) is 6.86. The van der Waals surface area contributed by atoms with Crippen molar-refractivity contribution in [1.82, 2.24) is 19.7 Å².